The molecule has 1 heterocycles. The van der Waals surface area contributed by atoms with Crippen molar-refractivity contribution in [1.82, 2.24) is 10.6 Å². The van der Waals surface area contributed by atoms with Crippen LogP contribution >= 0.6 is 22.9 Å². The van der Waals surface area contributed by atoms with Crippen LogP contribution in [0.15, 0.2) is 41.8 Å². The minimum absolute atomic E-state index is 0.223. The lowest BCUT2D eigenvalue weighted by atomic mass is 9.96. The summed E-state index contributed by atoms with van der Waals surface area (Å²) in [6.45, 7) is 2.78. The molecule has 22 heavy (non-hydrogen) atoms. The first kappa shape index (κ1) is 16.8. The first-order valence-electron chi connectivity index (χ1n) is 6.89. The van der Waals surface area contributed by atoms with E-state index in [9.17, 15) is 4.79 Å². The Morgan fingerprint density at radius 3 is 2.77 bits per heavy atom. The number of rotatable bonds is 6. The number of thiophene rings is 1. The molecule has 2 aromatic rings. The van der Waals surface area contributed by atoms with E-state index in [4.69, 9.17) is 16.3 Å². The van der Waals surface area contributed by atoms with Crippen molar-refractivity contribution < 1.29 is 9.53 Å². The lowest BCUT2D eigenvalue weighted by molar-refractivity contribution is 0.00488. The van der Waals surface area contributed by atoms with E-state index in [-0.39, 0.29) is 6.03 Å². The van der Waals surface area contributed by atoms with Crippen molar-refractivity contribution in [2.45, 2.75) is 19.1 Å². The molecule has 0 saturated carbocycles. The highest BCUT2D eigenvalue weighted by Crippen LogP contribution is 2.26. The van der Waals surface area contributed by atoms with Gasteiger partial charge in [0.05, 0.1) is 13.1 Å². The number of carbonyl (C=O) groups is 1. The summed E-state index contributed by atoms with van der Waals surface area (Å²) in [7, 11) is 1.62. The summed E-state index contributed by atoms with van der Waals surface area (Å²) in [5, 5.41) is 8.29. The van der Waals surface area contributed by atoms with Crippen molar-refractivity contribution >= 4 is 29.0 Å². The zero-order valence-electron chi connectivity index (χ0n) is 12.6. The Morgan fingerprint density at radius 2 is 2.14 bits per heavy atom. The van der Waals surface area contributed by atoms with Gasteiger partial charge in [-0.2, -0.15) is 0 Å². The molecule has 1 atom stereocenters. The van der Waals surface area contributed by atoms with Crippen molar-refractivity contribution in [2.24, 2.45) is 0 Å². The molecule has 4 nitrogen and oxygen atoms in total. The molecule has 0 spiro atoms. The van der Waals surface area contributed by atoms with Gasteiger partial charge in [-0.15, -0.1) is 11.3 Å². The summed E-state index contributed by atoms with van der Waals surface area (Å²) in [5.74, 6) is 0. The fourth-order valence-corrected chi connectivity index (χ4v) is 2.84. The molecular formula is C16H19ClN2O2S. The fourth-order valence-electron chi connectivity index (χ4n) is 2.00. The summed E-state index contributed by atoms with van der Waals surface area (Å²) in [5.41, 5.74) is 0.284. The predicted molar refractivity (Wildman–Crippen MR) is 90.4 cm³/mol. The maximum absolute atomic E-state index is 11.9. The van der Waals surface area contributed by atoms with Crippen LogP contribution in [0.2, 0.25) is 5.02 Å². The van der Waals surface area contributed by atoms with Crippen LogP contribution in [0.1, 0.15) is 17.4 Å². The average Bonchev–Trinajstić information content (AvgIpc) is 3.04. The zero-order valence-corrected chi connectivity index (χ0v) is 14.1. The normalized spacial score (nSPS) is 13.4. The Labute approximate surface area is 139 Å². The Hall–Kier alpha value is -1.56. The molecule has 2 rings (SSSR count). The molecule has 0 fully saturated rings. The molecule has 0 bridgehead atoms. The van der Waals surface area contributed by atoms with Gasteiger partial charge in [-0.05, 0) is 36.1 Å². The van der Waals surface area contributed by atoms with Gasteiger partial charge in [0.25, 0.3) is 0 Å². The number of amides is 2. The number of nitrogens with one attached hydrogen (secondary N) is 2. The van der Waals surface area contributed by atoms with Crippen LogP contribution in [-0.4, -0.2) is 19.7 Å². The van der Waals surface area contributed by atoms with Gasteiger partial charge < -0.3 is 15.4 Å². The van der Waals surface area contributed by atoms with Gasteiger partial charge in [0.2, 0.25) is 0 Å². The standard InChI is InChI=1S/C16H19ClN2O2S/c1-16(21-2,12-5-3-6-13(17)9-12)11-19-15(20)18-10-14-7-4-8-22-14/h3-9H,10-11H2,1-2H3,(H2,18,19,20)/t16-/m0/s1. The highest BCUT2D eigenvalue weighted by atomic mass is 35.5. The van der Waals surface area contributed by atoms with Gasteiger partial charge in [0.15, 0.2) is 0 Å². The lowest BCUT2D eigenvalue weighted by Gasteiger charge is -2.29. The smallest absolute Gasteiger partial charge is 0.315 e. The highest BCUT2D eigenvalue weighted by molar-refractivity contribution is 7.09. The van der Waals surface area contributed by atoms with E-state index in [1.54, 1.807) is 18.4 Å². The van der Waals surface area contributed by atoms with Gasteiger partial charge in [0, 0.05) is 17.0 Å². The van der Waals surface area contributed by atoms with Gasteiger partial charge in [0.1, 0.15) is 5.60 Å². The molecule has 0 aliphatic carbocycles. The Bertz CT molecular complexity index is 618. The summed E-state index contributed by atoms with van der Waals surface area (Å²) in [6, 6.07) is 11.2. The molecule has 0 aliphatic heterocycles. The summed E-state index contributed by atoms with van der Waals surface area (Å²) >= 11 is 7.63. The molecule has 118 valence electrons. The lowest BCUT2D eigenvalue weighted by Crippen LogP contribution is -2.44. The van der Waals surface area contributed by atoms with Crippen molar-refractivity contribution in [1.29, 1.82) is 0 Å². The van der Waals surface area contributed by atoms with Crippen LogP contribution < -0.4 is 10.6 Å². The maximum Gasteiger partial charge on any atom is 0.315 e. The second-order valence-corrected chi connectivity index (χ2v) is 6.53. The summed E-state index contributed by atoms with van der Waals surface area (Å²) in [6.07, 6.45) is 0. The Morgan fingerprint density at radius 1 is 1.32 bits per heavy atom. The topological polar surface area (TPSA) is 50.4 Å². The number of hydrogen-bond acceptors (Lipinski definition) is 3. The molecular weight excluding hydrogens is 320 g/mol. The number of methoxy groups -OCH3 is 1. The van der Waals surface area contributed by atoms with Crippen LogP contribution in [0.4, 0.5) is 4.79 Å². The Kier molecular flexibility index (Phi) is 5.83. The third-order valence-electron chi connectivity index (χ3n) is 3.48. The SMILES string of the molecule is CO[C@@](C)(CNC(=O)NCc1cccs1)c1cccc(Cl)c1. The van der Waals surface area contributed by atoms with Crippen molar-refractivity contribution in [3.05, 3.63) is 57.2 Å². The molecule has 2 amide bonds. The van der Waals surface area contributed by atoms with Crippen LogP contribution in [-0.2, 0) is 16.9 Å². The number of urea groups is 1. The quantitative estimate of drug-likeness (QED) is 0.842. The fraction of sp³-hybridized carbons (Fsp3) is 0.312. The predicted octanol–water partition coefficient (Wildman–Crippen LogP) is 3.76. The molecule has 0 saturated heterocycles. The van der Waals surface area contributed by atoms with Crippen molar-refractivity contribution in [3.63, 3.8) is 0 Å². The number of benzene rings is 1. The second kappa shape index (κ2) is 7.63. The van der Waals surface area contributed by atoms with E-state index in [0.29, 0.717) is 18.1 Å². The van der Waals surface area contributed by atoms with Crippen LogP contribution in [0.25, 0.3) is 0 Å². The first-order valence-corrected chi connectivity index (χ1v) is 8.14. The average molecular weight is 339 g/mol. The van der Waals surface area contributed by atoms with E-state index >= 15 is 0 Å². The van der Waals surface area contributed by atoms with Gasteiger partial charge in [-0.25, -0.2) is 4.79 Å². The first-order chi connectivity index (χ1) is 10.5. The molecule has 2 N–H and O–H groups in total. The Balaban J connectivity index is 1.91. The number of hydrogen-bond donors (Lipinski definition) is 2. The third-order valence-corrected chi connectivity index (χ3v) is 4.59. The maximum atomic E-state index is 11.9. The molecule has 1 aromatic heterocycles. The minimum Gasteiger partial charge on any atom is -0.372 e. The van der Waals surface area contributed by atoms with Crippen LogP contribution in [0.5, 0.6) is 0 Å². The van der Waals surface area contributed by atoms with Gasteiger partial charge in [-0.1, -0.05) is 29.8 Å². The van der Waals surface area contributed by atoms with Gasteiger partial charge in [-0.3, -0.25) is 0 Å². The second-order valence-electron chi connectivity index (χ2n) is 5.06. The third kappa shape index (κ3) is 4.47. The molecule has 0 unspecified atom stereocenters. The van der Waals surface area contributed by atoms with Crippen LogP contribution in [0, 0.1) is 0 Å². The van der Waals surface area contributed by atoms with E-state index in [2.05, 4.69) is 10.6 Å². The molecule has 0 aliphatic rings. The van der Waals surface area contributed by atoms with E-state index in [1.165, 1.54) is 0 Å². The zero-order chi connectivity index (χ0) is 16.0. The van der Waals surface area contributed by atoms with E-state index < -0.39 is 5.60 Å². The van der Waals surface area contributed by atoms with Gasteiger partial charge >= 0.3 is 6.03 Å². The number of carbonyl (C=O) groups excluding carboxylic acids is 1. The molecule has 0 radical (unpaired) electrons. The van der Waals surface area contributed by atoms with E-state index in [0.717, 1.165) is 10.4 Å². The largest absolute Gasteiger partial charge is 0.372 e. The summed E-state index contributed by atoms with van der Waals surface area (Å²) < 4.78 is 5.58. The van der Waals surface area contributed by atoms with E-state index in [1.807, 2.05) is 48.7 Å². The monoisotopic (exact) mass is 338 g/mol. The molecule has 1 aromatic carbocycles. The molecule has 6 heteroatoms. The number of ether oxygens (including phenoxy) is 1. The number of halogens is 1. The van der Waals surface area contributed by atoms with Crippen LogP contribution in [0.3, 0.4) is 0 Å². The minimum atomic E-state index is -0.634. The summed E-state index contributed by atoms with van der Waals surface area (Å²) in [4.78, 5) is 13.0. The highest BCUT2D eigenvalue weighted by Gasteiger charge is 2.27. The van der Waals surface area contributed by atoms with Crippen molar-refractivity contribution in [2.75, 3.05) is 13.7 Å². The van der Waals surface area contributed by atoms with Crippen molar-refractivity contribution in [3.8, 4) is 0 Å².